The van der Waals surface area contributed by atoms with Gasteiger partial charge in [-0.05, 0) is 39.4 Å². The van der Waals surface area contributed by atoms with Crippen molar-refractivity contribution in [3.05, 3.63) is 63.5 Å². The van der Waals surface area contributed by atoms with Crippen LogP contribution in [0.25, 0.3) is 5.57 Å². The third kappa shape index (κ3) is 1.86. The van der Waals surface area contributed by atoms with Crippen LogP contribution in [0.15, 0.2) is 53.1 Å². The van der Waals surface area contributed by atoms with Gasteiger partial charge in [0, 0.05) is 4.88 Å². The van der Waals surface area contributed by atoms with Crippen molar-refractivity contribution in [2.45, 2.75) is 0 Å². The highest BCUT2D eigenvalue weighted by molar-refractivity contribution is 7.11. The van der Waals surface area contributed by atoms with Gasteiger partial charge < -0.3 is 0 Å². The van der Waals surface area contributed by atoms with E-state index >= 15 is 0 Å². The van der Waals surface area contributed by atoms with Crippen LogP contribution in [0, 0.1) is 0 Å². The van der Waals surface area contributed by atoms with Crippen LogP contribution in [0.1, 0.15) is 10.4 Å². The smallest absolute Gasteiger partial charge is 0.0349 e. The maximum atomic E-state index is 3.75. The maximum absolute atomic E-state index is 3.75. The summed E-state index contributed by atoms with van der Waals surface area (Å²) < 4.78 is 0. The van der Waals surface area contributed by atoms with Gasteiger partial charge in [0.05, 0.1) is 0 Å². The molecule has 2 heterocycles. The molecule has 0 aliphatic rings. The second-order valence-corrected chi connectivity index (χ2v) is 4.53. The first-order valence-corrected chi connectivity index (χ1v) is 6.13. The molecule has 2 rings (SSSR count). The SMILES string of the molecule is C=CC=C(c1ccsc1)c1cccs1. The van der Waals surface area contributed by atoms with Crippen molar-refractivity contribution < 1.29 is 0 Å². The molecule has 0 aromatic carbocycles. The quantitative estimate of drug-likeness (QED) is 0.669. The first-order chi connectivity index (χ1) is 6.92. The first-order valence-electron chi connectivity index (χ1n) is 4.31. The Labute approximate surface area is 91.8 Å². The van der Waals surface area contributed by atoms with Crippen molar-refractivity contribution in [2.24, 2.45) is 0 Å². The van der Waals surface area contributed by atoms with Gasteiger partial charge in [-0.25, -0.2) is 0 Å². The lowest BCUT2D eigenvalue weighted by molar-refractivity contribution is 1.72. The van der Waals surface area contributed by atoms with Crippen LogP contribution in [0.3, 0.4) is 0 Å². The first kappa shape index (κ1) is 9.44. The van der Waals surface area contributed by atoms with E-state index < -0.39 is 0 Å². The molecular formula is C12H10S2. The number of hydrogen-bond acceptors (Lipinski definition) is 2. The normalized spacial score (nSPS) is 11.6. The summed E-state index contributed by atoms with van der Waals surface area (Å²) in [6.07, 6.45) is 3.90. The lowest BCUT2D eigenvalue weighted by Gasteiger charge is -2.00. The molecule has 0 amide bonds. The topological polar surface area (TPSA) is 0 Å². The molecule has 0 aliphatic heterocycles. The minimum Gasteiger partial charge on any atom is -0.152 e. The number of rotatable bonds is 3. The average Bonchev–Trinajstić information content (AvgIpc) is 2.87. The molecule has 2 aromatic heterocycles. The molecule has 0 atom stereocenters. The van der Waals surface area contributed by atoms with Gasteiger partial charge in [-0.1, -0.05) is 24.8 Å². The summed E-state index contributed by atoms with van der Waals surface area (Å²) in [6.45, 7) is 3.75. The van der Waals surface area contributed by atoms with Gasteiger partial charge >= 0.3 is 0 Å². The van der Waals surface area contributed by atoms with E-state index in [9.17, 15) is 0 Å². The summed E-state index contributed by atoms with van der Waals surface area (Å²) in [6, 6.07) is 6.35. The zero-order chi connectivity index (χ0) is 9.80. The minimum absolute atomic E-state index is 1.26. The Balaban J connectivity index is 2.45. The van der Waals surface area contributed by atoms with E-state index in [1.54, 1.807) is 22.7 Å². The van der Waals surface area contributed by atoms with Gasteiger partial charge in [0.15, 0.2) is 0 Å². The molecule has 2 aromatic rings. The van der Waals surface area contributed by atoms with Gasteiger partial charge in [-0.15, -0.1) is 11.3 Å². The molecule has 0 saturated heterocycles. The molecule has 0 bridgehead atoms. The number of allylic oxidation sites excluding steroid dienone is 2. The molecule has 14 heavy (non-hydrogen) atoms. The van der Waals surface area contributed by atoms with E-state index in [1.807, 2.05) is 6.08 Å². The van der Waals surface area contributed by atoms with Crippen LogP contribution >= 0.6 is 22.7 Å². The molecule has 70 valence electrons. The largest absolute Gasteiger partial charge is 0.152 e. The lowest BCUT2D eigenvalue weighted by atomic mass is 10.1. The Morgan fingerprint density at radius 2 is 2.21 bits per heavy atom. The maximum Gasteiger partial charge on any atom is 0.0349 e. The summed E-state index contributed by atoms with van der Waals surface area (Å²) in [5.74, 6) is 0. The van der Waals surface area contributed by atoms with E-state index in [0.29, 0.717) is 0 Å². The van der Waals surface area contributed by atoms with Crippen molar-refractivity contribution in [3.63, 3.8) is 0 Å². The highest BCUT2D eigenvalue weighted by atomic mass is 32.1. The van der Waals surface area contributed by atoms with Crippen LogP contribution in [-0.2, 0) is 0 Å². The standard InChI is InChI=1S/C12H10S2/c1-2-4-11(10-6-8-13-9-10)12-5-3-7-14-12/h2-9H,1H2. The predicted molar refractivity (Wildman–Crippen MR) is 65.9 cm³/mol. The minimum atomic E-state index is 1.26. The Bertz CT molecular complexity index is 383. The third-order valence-corrected chi connectivity index (χ3v) is 3.49. The molecule has 0 saturated carbocycles. The zero-order valence-electron chi connectivity index (χ0n) is 7.64. The van der Waals surface area contributed by atoms with E-state index in [2.05, 4.69) is 47.0 Å². The Morgan fingerprint density at radius 3 is 2.79 bits per heavy atom. The number of thiophene rings is 2. The van der Waals surface area contributed by atoms with Crippen LogP contribution in [0.5, 0.6) is 0 Å². The van der Waals surface area contributed by atoms with Crippen molar-refractivity contribution in [1.29, 1.82) is 0 Å². The van der Waals surface area contributed by atoms with Gasteiger partial charge in [-0.2, -0.15) is 11.3 Å². The fourth-order valence-corrected chi connectivity index (χ4v) is 2.72. The summed E-state index contributed by atoms with van der Waals surface area (Å²) >= 11 is 3.48. The predicted octanol–water partition coefficient (Wildman–Crippen LogP) is 4.43. The van der Waals surface area contributed by atoms with Gasteiger partial charge in [0.2, 0.25) is 0 Å². The number of hydrogen-bond donors (Lipinski definition) is 0. The van der Waals surface area contributed by atoms with E-state index in [0.717, 1.165) is 0 Å². The molecule has 0 nitrogen and oxygen atoms in total. The second-order valence-electron chi connectivity index (χ2n) is 2.81. The highest BCUT2D eigenvalue weighted by Crippen LogP contribution is 2.28. The van der Waals surface area contributed by atoms with Gasteiger partial charge in [0.25, 0.3) is 0 Å². The van der Waals surface area contributed by atoms with Gasteiger partial charge in [0.1, 0.15) is 0 Å². The van der Waals surface area contributed by atoms with Gasteiger partial charge in [-0.3, -0.25) is 0 Å². The van der Waals surface area contributed by atoms with Crippen molar-refractivity contribution in [3.8, 4) is 0 Å². The summed E-state index contributed by atoms with van der Waals surface area (Å²) in [7, 11) is 0. The van der Waals surface area contributed by atoms with Crippen molar-refractivity contribution >= 4 is 28.2 Å². The van der Waals surface area contributed by atoms with Crippen molar-refractivity contribution in [1.82, 2.24) is 0 Å². The summed E-state index contributed by atoms with van der Waals surface area (Å²) in [4.78, 5) is 1.29. The second kappa shape index (κ2) is 4.40. The monoisotopic (exact) mass is 218 g/mol. The van der Waals surface area contributed by atoms with Crippen molar-refractivity contribution in [2.75, 3.05) is 0 Å². The van der Waals surface area contributed by atoms with Crippen LogP contribution in [0.4, 0.5) is 0 Å². The Kier molecular flexibility index (Phi) is 2.96. The summed E-state index contributed by atoms with van der Waals surface area (Å²) in [5, 5.41) is 6.35. The fourth-order valence-electron chi connectivity index (χ4n) is 1.29. The Hall–Kier alpha value is -1.12. The molecule has 0 unspecified atom stereocenters. The van der Waals surface area contributed by atoms with Crippen LogP contribution in [0.2, 0.25) is 0 Å². The zero-order valence-corrected chi connectivity index (χ0v) is 9.28. The molecule has 2 heteroatoms. The van der Waals surface area contributed by atoms with Crippen LogP contribution < -0.4 is 0 Å². The average molecular weight is 218 g/mol. The molecule has 0 aliphatic carbocycles. The van der Waals surface area contributed by atoms with Crippen LogP contribution in [-0.4, -0.2) is 0 Å². The fraction of sp³-hybridized carbons (Fsp3) is 0. The lowest BCUT2D eigenvalue weighted by Crippen LogP contribution is -1.79. The summed E-state index contributed by atoms with van der Waals surface area (Å²) in [5.41, 5.74) is 2.54. The molecule has 0 spiro atoms. The molecule has 0 N–H and O–H groups in total. The van der Waals surface area contributed by atoms with E-state index in [1.165, 1.54) is 16.0 Å². The molecule has 0 fully saturated rings. The third-order valence-electron chi connectivity index (χ3n) is 1.90. The molecular weight excluding hydrogens is 208 g/mol. The van der Waals surface area contributed by atoms with E-state index in [4.69, 9.17) is 0 Å². The highest BCUT2D eigenvalue weighted by Gasteiger charge is 2.04. The Morgan fingerprint density at radius 1 is 1.29 bits per heavy atom. The van der Waals surface area contributed by atoms with E-state index in [-0.39, 0.29) is 0 Å². The molecule has 0 radical (unpaired) electrons.